The van der Waals surface area contributed by atoms with Crippen molar-refractivity contribution >= 4 is 17.6 Å². The van der Waals surface area contributed by atoms with Gasteiger partial charge in [0.05, 0.1) is 5.56 Å². The van der Waals surface area contributed by atoms with E-state index in [9.17, 15) is 4.79 Å². The average Bonchev–Trinajstić information content (AvgIpc) is 2.34. The molecule has 0 N–H and O–H groups in total. The fourth-order valence-corrected chi connectivity index (χ4v) is 2.15. The molecule has 0 aliphatic heterocycles. The number of aryl methyl sites for hydroxylation is 2. The lowest BCUT2D eigenvalue weighted by molar-refractivity contribution is 0.0265. The van der Waals surface area contributed by atoms with E-state index < -0.39 is 0 Å². The van der Waals surface area contributed by atoms with E-state index >= 15 is 0 Å². The molecule has 0 unspecified atom stereocenters. The third kappa shape index (κ3) is 3.38. The number of hydrogen-bond acceptors (Lipinski definition) is 2. The number of halogens is 1. The molecular formula is C16H21ClO2. The van der Waals surface area contributed by atoms with Gasteiger partial charge in [-0.15, -0.1) is 6.58 Å². The Kier molecular flexibility index (Phi) is 5.19. The molecule has 0 bridgehead atoms. The van der Waals surface area contributed by atoms with Crippen molar-refractivity contribution in [3.8, 4) is 0 Å². The van der Waals surface area contributed by atoms with E-state index in [0.717, 1.165) is 16.7 Å². The van der Waals surface area contributed by atoms with Crippen LogP contribution >= 0.6 is 11.6 Å². The van der Waals surface area contributed by atoms with Crippen molar-refractivity contribution in [3.05, 3.63) is 46.0 Å². The minimum Gasteiger partial charge on any atom is -0.458 e. The van der Waals surface area contributed by atoms with Gasteiger partial charge < -0.3 is 4.74 Å². The van der Waals surface area contributed by atoms with Gasteiger partial charge in [-0.25, -0.2) is 4.79 Å². The fraction of sp³-hybridized carbons (Fsp3) is 0.438. The molecule has 1 aromatic rings. The van der Waals surface area contributed by atoms with Crippen molar-refractivity contribution < 1.29 is 9.53 Å². The Bertz CT molecular complexity index is 506. The lowest BCUT2D eigenvalue weighted by Crippen LogP contribution is -2.22. The number of esters is 1. The minimum absolute atomic E-state index is 0.116. The van der Waals surface area contributed by atoms with E-state index in [1.54, 1.807) is 6.08 Å². The molecule has 0 radical (unpaired) electrons. The van der Waals surface area contributed by atoms with Crippen LogP contribution in [0.5, 0.6) is 0 Å². The van der Waals surface area contributed by atoms with Crippen molar-refractivity contribution in [2.75, 3.05) is 0 Å². The monoisotopic (exact) mass is 280 g/mol. The summed E-state index contributed by atoms with van der Waals surface area (Å²) in [5, 5.41) is 0.627. The molecule has 2 nitrogen and oxygen atoms in total. The Morgan fingerprint density at radius 3 is 2.42 bits per heavy atom. The van der Waals surface area contributed by atoms with Gasteiger partial charge in [0.15, 0.2) is 0 Å². The molecule has 1 aromatic carbocycles. The first-order valence-corrected chi connectivity index (χ1v) is 6.77. The number of carbonyl (C=O) groups is 1. The van der Waals surface area contributed by atoms with Crippen LogP contribution in [0.25, 0.3) is 0 Å². The summed E-state index contributed by atoms with van der Waals surface area (Å²) in [5.74, 6) is -0.205. The Hall–Kier alpha value is -1.28. The molecule has 0 saturated carbocycles. The van der Waals surface area contributed by atoms with Crippen LogP contribution in [0.1, 0.15) is 40.9 Å². The highest BCUT2D eigenvalue weighted by Gasteiger charge is 2.21. The molecule has 0 amide bonds. The molecule has 0 fully saturated rings. The number of hydrogen-bond donors (Lipinski definition) is 0. The standard InChI is InChI=1S/C16H21ClO2/c1-7-9(2)13(6)19-16(18)14-10(3)8-11(4)15(17)12(14)5/h7-9,13H,1H2,2-6H3/t9-,13+/m0/s1. The second kappa shape index (κ2) is 6.25. The quantitative estimate of drug-likeness (QED) is 0.593. The summed E-state index contributed by atoms with van der Waals surface area (Å²) in [7, 11) is 0. The van der Waals surface area contributed by atoms with Crippen LogP contribution in [0, 0.1) is 26.7 Å². The number of benzene rings is 1. The Labute approximate surface area is 120 Å². The van der Waals surface area contributed by atoms with E-state index in [2.05, 4.69) is 6.58 Å². The van der Waals surface area contributed by atoms with Gasteiger partial charge in [0.1, 0.15) is 6.10 Å². The summed E-state index contributed by atoms with van der Waals surface area (Å²) in [6.07, 6.45) is 1.57. The predicted octanol–water partition coefficient (Wildman–Crippen LogP) is 4.63. The molecule has 0 saturated heterocycles. The lowest BCUT2D eigenvalue weighted by atomic mass is 9.99. The SMILES string of the molecule is C=C[C@H](C)[C@@H](C)OC(=O)c1c(C)cc(C)c(Cl)c1C. The molecule has 0 aromatic heterocycles. The third-order valence-corrected chi connectivity index (χ3v) is 4.07. The van der Waals surface area contributed by atoms with E-state index in [4.69, 9.17) is 16.3 Å². The summed E-state index contributed by atoms with van der Waals surface area (Å²) < 4.78 is 5.48. The first kappa shape index (κ1) is 15.8. The van der Waals surface area contributed by atoms with Crippen LogP contribution in [0.2, 0.25) is 5.02 Å². The molecule has 1 rings (SSSR count). The molecule has 104 valence electrons. The van der Waals surface area contributed by atoms with Crippen molar-refractivity contribution in [1.82, 2.24) is 0 Å². The van der Waals surface area contributed by atoms with Gasteiger partial charge >= 0.3 is 5.97 Å². The topological polar surface area (TPSA) is 26.3 Å². The molecule has 2 atom stereocenters. The highest BCUT2D eigenvalue weighted by Crippen LogP contribution is 2.27. The maximum atomic E-state index is 12.3. The second-order valence-electron chi connectivity index (χ2n) is 5.03. The van der Waals surface area contributed by atoms with Crippen LogP contribution in [0.4, 0.5) is 0 Å². The van der Waals surface area contributed by atoms with Crippen LogP contribution < -0.4 is 0 Å². The molecule has 0 heterocycles. The van der Waals surface area contributed by atoms with Gasteiger partial charge in [0.25, 0.3) is 0 Å². The molecule has 19 heavy (non-hydrogen) atoms. The number of ether oxygens (including phenoxy) is 1. The van der Waals surface area contributed by atoms with Crippen molar-refractivity contribution in [2.24, 2.45) is 5.92 Å². The summed E-state index contributed by atoms with van der Waals surface area (Å²) in [4.78, 5) is 12.3. The van der Waals surface area contributed by atoms with Crippen LogP contribution in [-0.2, 0) is 4.74 Å². The second-order valence-corrected chi connectivity index (χ2v) is 5.41. The minimum atomic E-state index is -0.321. The molecular weight excluding hydrogens is 260 g/mol. The van der Waals surface area contributed by atoms with E-state index in [-0.39, 0.29) is 18.0 Å². The number of carbonyl (C=O) groups excluding carboxylic acids is 1. The van der Waals surface area contributed by atoms with Crippen molar-refractivity contribution in [1.29, 1.82) is 0 Å². The van der Waals surface area contributed by atoms with Crippen molar-refractivity contribution in [2.45, 2.75) is 40.7 Å². The summed E-state index contributed by atoms with van der Waals surface area (Å²) in [6, 6.07) is 1.91. The van der Waals surface area contributed by atoms with Gasteiger partial charge in [-0.1, -0.05) is 30.7 Å². The third-order valence-electron chi connectivity index (χ3n) is 3.49. The Balaban J connectivity index is 3.07. The normalized spacial score (nSPS) is 13.8. The van der Waals surface area contributed by atoms with Gasteiger partial charge in [-0.3, -0.25) is 0 Å². The number of rotatable bonds is 4. The molecule has 3 heteroatoms. The van der Waals surface area contributed by atoms with Gasteiger partial charge in [0.2, 0.25) is 0 Å². The fourth-order valence-electron chi connectivity index (χ4n) is 2.00. The summed E-state index contributed by atoms with van der Waals surface area (Å²) >= 11 is 6.20. The molecule has 0 spiro atoms. The maximum absolute atomic E-state index is 12.3. The summed E-state index contributed by atoms with van der Waals surface area (Å²) in [5.41, 5.74) is 3.21. The molecule has 0 aliphatic rings. The van der Waals surface area contributed by atoms with Gasteiger partial charge in [0, 0.05) is 10.9 Å². The predicted molar refractivity (Wildman–Crippen MR) is 79.9 cm³/mol. The Morgan fingerprint density at radius 2 is 1.89 bits per heavy atom. The zero-order valence-corrected chi connectivity index (χ0v) is 13.0. The first-order chi connectivity index (χ1) is 8.79. The zero-order chi connectivity index (χ0) is 14.7. The summed E-state index contributed by atoms with van der Waals surface area (Å²) in [6.45, 7) is 13.2. The maximum Gasteiger partial charge on any atom is 0.339 e. The van der Waals surface area contributed by atoms with E-state index in [0.29, 0.717) is 10.6 Å². The van der Waals surface area contributed by atoms with Gasteiger partial charge in [-0.05, 0) is 44.4 Å². The van der Waals surface area contributed by atoms with E-state index in [1.807, 2.05) is 40.7 Å². The van der Waals surface area contributed by atoms with Crippen LogP contribution in [-0.4, -0.2) is 12.1 Å². The highest BCUT2D eigenvalue weighted by molar-refractivity contribution is 6.32. The first-order valence-electron chi connectivity index (χ1n) is 6.39. The lowest BCUT2D eigenvalue weighted by Gasteiger charge is -2.19. The zero-order valence-electron chi connectivity index (χ0n) is 12.2. The largest absolute Gasteiger partial charge is 0.458 e. The van der Waals surface area contributed by atoms with Crippen molar-refractivity contribution in [3.63, 3.8) is 0 Å². The van der Waals surface area contributed by atoms with Crippen LogP contribution in [0.3, 0.4) is 0 Å². The highest BCUT2D eigenvalue weighted by atomic mass is 35.5. The van der Waals surface area contributed by atoms with Crippen LogP contribution in [0.15, 0.2) is 18.7 Å². The molecule has 0 aliphatic carbocycles. The van der Waals surface area contributed by atoms with Gasteiger partial charge in [-0.2, -0.15) is 0 Å². The Morgan fingerprint density at radius 1 is 1.32 bits per heavy atom. The average molecular weight is 281 g/mol. The smallest absolute Gasteiger partial charge is 0.339 e. The van der Waals surface area contributed by atoms with E-state index in [1.165, 1.54) is 0 Å².